The summed E-state index contributed by atoms with van der Waals surface area (Å²) in [7, 11) is 1.01. The van der Waals surface area contributed by atoms with E-state index in [0.29, 0.717) is 27.4 Å². The van der Waals surface area contributed by atoms with Crippen molar-refractivity contribution in [2.24, 2.45) is 5.41 Å². The number of esters is 6. The molecule has 0 radical (unpaired) electrons. The van der Waals surface area contributed by atoms with Gasteiger partial charge in [0, 0.05) is 37.1 Å². The first-order chi connectivity index (χ1) is 32.2. The number of nitrogens with zero attached hydrogens (tertiary/aromatic N) is 6. The van der Waals surface area contributed by atoms with Crippen LogP contribution in [0.5, 0.6) is 0 Å². The van der Waals surface area contributed by atoms with Crippen LogP contribution in [-0.4, -0.2) is 116 Å². The van der Waals surface area contributed by atoms with Gasteiger partial charge in [-0.1, -0.05) is 32.9 Å². The first-order valence-electron chi connectivity index (χ1n) is 20.4. The molecule has 1 unspecified atom stereocenters. The Kier molecular flexibility index (Phi) is 22.5. The van der Waals surface area contributed by atoms with E-state index in [-0.39, 0.29) is 18.6 Å². The van der Waals surface area contributed by atoms with Gasteiger partial charge in [-0.15, -0.1) is 0 Å². The predicted molar refractivity (Wildman–Crippen MR) is 233 cm³/mol. The third-order valence-corrected chi connectivity index (χ3v) is 9.71. The van der Waals surface area contributed by atoms with Crippen molar-refractivity contribution in [3.05, 3.63) is 126 Å². The minimum atomic E-state index is -1.96. The maximum Gasteiger partial charge on any atom is 0.336 e. The third-order valence-electron chi connectivity index (χ3n) is 9.71. The van der Waals surface area contributed by atoms with Crippen molar-refractivity contribution in [3.63, 3.8) is 0 Å². The molecule has 0 aliphatic heterocycles. The SMILES string of the molecule is C=CC(=O)OCCn1c(=O)n(CCOC(=C)CCC(CCC(=O)OCCn2c(=O)n(CCOC(=O)C=C)c(=O)n(CCOC(=O)C=C)c2=O)(C(C)=O)C(=O)OC)c(=O)n(CCOC(=O)C=C)c1=O. The predicted octanol–water partition coefficient (Wildman–Crippen LogP) is -2.34. The van der Waals surface area contributed by atoms with Gasteiger partial charge < -0.3 is 33.2 Å². The zero-order valence-corrected chi connectivity index (χ0v) is 37.5. The molecule has 0 N–H and O–H groups in total. The van der Waals surface area contributed by atoms with E-state index in [1.165, 1.54) is 0 Å². The van der Waals surface area contributed by atoms with Gasteiger partial charge in [-0.05, 0) is 19.8 Å². The second kappa shape index (κ2) is 27.3. The third kappa shape index (κ3) is 15.5. The number of aromatic nitrogens is 6. The Balaban J connectivity index is 2.23. The molecule has 0 aliphatic rings. The Morgan fingerprint density at radius 1 is 0.456 bits per heavy atom. The molecule has 0 saturated heterocycles. The van der Waals surface area contributed by atoms with Crippen LogP contribution in [-0.2, 0) is 106 Å². The molecule has 2 heterocycles. The first-order valence-corrected chi connectivity index (χ1v) is 20.4. The monoisotopic (exact) mass is 960 g/mol. The van der Waals surface area contributed by atoms with Gasteiger partial charge in [0.2, 0.25) is 0 Å². The standard InChI is InChI=1S/C42H52N6O20/c1-8-30(50)64-23-17-44-36(56)43(37(57)45(38(44)58)18-24-65-31(51)9-2)16-22-63-28(5)12-14-42(29(6)49,35(55)62-7)15-13-34(54)68-27-21-48-40(60)46(19-25-66-32(52)10-3)39(59)47(41(48)61)20-26-67-33(53)11-4/h8-11H,1-5,12-27H2,6-7H3. The Hall–Kier alpha value is -8.19. The number of carbonyl (C=O) groups excluding carboxylic acids is 7. The first kappa shape index (κ1) is 55.9. The molecule has 2 rings (SSSR count). The van der Waals surface area contributed by atoms with Crippen LogP contribution >= 0.6 is 0 Å². The van der Waals surface area contributed by atoms with Crippen LogP contribution in [0.2, 0.25) is 0 Å². The van der Waals surface area contributed by atoms with Crippen molar-refractivity contribution in [2.75, 3.05) is 46.8 Å². The molecule has 0 fully saturated rings. The van der Waals surface area contributed by atoms with Crippen molar-refractivity contribution in [1.82, 2.24) is 27.4 Å². The molecule has 0 bridgehead atoms. The van der Waals surface area contributed by atoms with Crippen LogP contribution < -0.4 is 34.1 Å². The van der Waals surface area contributed by atoms with Gasteiger partial charge in [-0.25, -0.2) is 75.3 Å². The van der Waals surface area contributed by atoms with E-state index >= 15 is 0 Å². The largest absolute Gasteiger partial charge is 0.497 e. The molecular formula is C42H52N6O20. The lowest BCUT2D eigenvalue weighted by atomic mass is 9.75. The molecule has 2 aromatic heterocycles. The zero-order valence-electron chi connectivity index (χ0n) is 37.5. The molecule has 0 saturated carbocycles. The summed E-state index contributed by atoms with van der Waals surface area (Å²) in [6, 6.07) is 0. The fraction of sp³-hybridized carbons (Fsp3) is 0.452. The summed E-state index contributed by atoms with van der Waals surface area (Å²) in [6.45, 7) is 11.9. The smallest absolute Gasteiger partial charge is 0.336 e. The lowest BCUT2D eigenvalue weighted by molar-refractivity contribution is -0.159. The lowest BCUT2D eigenvalue weighted by Crippen LogP contribution is -2.55. The normalized spacial score (nSPS) is 11.4. The average Bonchev–Trinajstić information content (AvgIpc) is 3.32. The molecule has 2 aromatic rings. The molecule has 0 aromatic carbocycles. The Labute approximate surface area is 385 Å². The van der Waals surface area contributed by atoms with Gasteiger partial charge in [0.15, 0.2) is 0 Å². The van der Waals surface area contributed by atoms with Crippen molar-refractivity contribution in [3.8, 4) is 0 Å². The number of Topliss-reactive ketones (excluding diaryl/α,β-unsaturated/α-hetero) is 1. The highest BCUT2D eigenvalue weighted by Crippen LogP contribution is 2.34. The molecule has 0 amide bonds. The van der Waals surface area contributed by atoms with Crippen LogP contribution in [0.4, 0.5) is 0 Å². The van der Waals surface area contributed by atoms with E-state index in [2.05, 4.69) is 32.9 Å². The topological polar surface area (TPSA) is 316 Å². The van der Waals surface area contributed by atoms with Gasteiger partial charge in [0.05, 0.1) is 52.1 Å². The lowest BCUT2D eigenvalue weighted by Gasteiger charge is -2.28. The minimum absolute atomic E-state index is 0.0494. The van der Waals surface area contributed by atoms with Crippen molar-refractivity contribution >= 4 is 41.6 Å². The number of ether oxygens (including phenoxy) is 7. The molecule has 68 heavy (non-hydrogen) atoms. The van der Waals surface area contributed by atoms with E-state index in [1.54, 1.807) is 0 Å². The van der Waals surface area contributed by atoms with E-state index in [1.807, 2.05) is 0 Å². The van der Waals surface area contributed by atoms with Crippen LogP contribution in [0.25, 0.3) is 0 Å². The van der Waals surface area contributed by atoms with Crippen LogP contribution in [0.1, 0.15) is 32.6 Å². The summed E-state index contributed by atoms with van der Waals surface area (Å²) in [4.78, 5) is 165. The number of rotatable bonds is 31. The van der Waals surface area contributed by atoms with E-state index in [0.717, 1.165) is 38.3 Å². The minimum Gasteiger partial charge on any atom is -0.497 e. The van der Waals surface area contributed by atoms with Crippen molar-refractivity contribution in [2.45, 2.75) is 71.9 Å². The molecule has 26 nitrogen and oxygen atoms in total. The van der Waals surface area contributed by atoms with Crippen molar-refractivity contribution in [1.29, 1.82) is 0 Å². The second-order valence-electron chi connectivity index (χ2n) is 13.8. The van der Waals surface area contributed by atoms with Gasteiger partial charge in [0.25, 0.3) is 0 Å². The van der Waals surface area contributed by atoms with E-state index < -0.39 is 173 Å². The Morgan fingerprint density at radius 2 is 0.721 bits per heavy atom. The highest BCUT2D eigenvalue weighted by Gasteiger charge is 2.44. The summed E-state index contributed by atoms with van der Waals surface area (Å²) >= 11 is 0. The molecule has 0 spiro atoms. The van der Waals surface area contributed by atoms with Crippen LogP contribution in [0.15, 0.2) is 91.7 Å². The highest BCUT2D eigenvalue weighted by atomic mass is 16.6. The van der Waals surface area contributed by atoms with E-state index in [4.69, 9.17) is 33.2 Å². The quantitative estimate of drug-likeness (QED) is 0.0251. The fourth-order valence-corrected chi connectivity index (χ4v) is 6.06. The number of allylic oxidation sites excluding steroid dienone is 1. The van der Waals surface area contributed by atoms with Crippen LogP contribution in [0.3, 0.4) is 0 Å². The maximum absolute atomic E-state index is 13.3. The summed E-state index contributed by atoms with van der Waals surface area (Å²) in [6.07, 6.45) is 1.83. The molecular weight excluding hydrogens is 908 g/mol. The number of methoxy groups -OCH3 is 1. The number of hydrogen-bond acceptors (Lipinski definition) is 20. The van der Waals surface area contributed by atoms with Gasteiger partial charge >= 0.3 is 70.0 Å². The van der Waals surface area contributed by atoms with Crippen LogP contribution in [0, 0.1) is 5.41 Å². The van der Waals surface area contributed by atoms with Gasteiger partial charge in [0.1, 0.15) is 50.8 Å². The molecule has 1 atom stereocenters. The summed E-state index contributed by atoms with van der Waals surface area (Å²) < 4.78 is 38.7. The van der Waals surface area contributed by atoms with Gasteiger partial charge in [-0.2, -0.15) is 0 Å². The summed E-state index contributed by atoms with van der Waals surface area (Å²) in [5.74, 6) is -6.18. The fourth-order valence-electron chi connectivity index (χ4n) is 6.06. The summed E-state index contributed by atoms with van der Waals surface area (Å²) in [5, 5.41) is 0. The maximum atomic E-state index is 13.3. The van der Waals surface area contributed by atoms with Crippen molar-refractivity contribution < 1.29 is 66.7 Å². The number of hydrogen-bond donors (Lipinski definition) is 0. The average molecular weight is 961 g/mol. The summed E-state index contributed by atoms with van der Waals surface area (Å²) in [5.41, 5.74) is -8.70. The highest BCUT2D eigenvalue weighted by molar-refractivity contribution is 6.03. The molecule has 0 aliphatic carbocycles. The number of carbonyl (C=O) groups is 7. The zero-order chi connectivity index (χ0) is 51.1. The molecule has 370 valence electrons. The van der Waals surface area contributed by atoms with E-state index in [9.17, 15) is 62.3 Å². The second-order valence-corrected chi connectivity index (χ2v) is 13.8. The number of ketones is 1. The molecule has 26 heteroatoms. The Morgan fingerprint density at radius 3 is 0.985 bits per heavy atom. The van der Waals surface area contributed by atoms with Gasteiger partial charge in [-0.3, -0.25) is 14.4 Å². The Bertz CT molecular complexity index is 2360.